The highest BCUT2D eigenvalue weighted by molar-refractivity contribution is 5.76. The predicted molar refractivity (Wildman–Crippen MR) is 79.2 cm³/mol. The summed E-state index contributed by atoms with van der Waals surface area (Å²) in [5.41, 5.74) is 7.18. The topological polar surface area (TPSA) is 64.4 Å². The molecule has 3 unspecified atom stereocenters. The van der Waals surface area contributed by atoms with Gasteiger partial charge in [-0.25, -0.2) is 0 Å². The Balaban J connectivity index is 1.72. The van der Waals surface area contributed by atoms with E-state index in [1.807, 2.05) is 37.3 Å². The lowest BCUT2D eigenvalue weighted by Gasteiger charge is -2.28. The van der Waals surface area contributed by atoms with Crippen molar-refractivity contribution in [2.45, 2.75) is 50.8 Å². The molecule has 0 spiro atoms. The van der Waals surface area contributed by atoms with Crippen LogP contribution in [0.5, 0.6) is 0 Å². The molecule has 1 aromatic carbocycles. The Labute approximate surface area is 120 Å². The van der Waals surface area contributed by atoms with Crippen LogP contribution in [0.1, 0.15) is 44.2 Å². The van der Waals surface area contributed by atoms with Gasteiger partial charge in [-0.2, -0.15) is 0 Å². The standard InChI is InChI=1S/C16H24N2O2/c1-12-11-14(9-10-20-12)18-16(19)8-7-15(17)13-5-3-2-4-6-13/h2-6,12,14-15H,7-11,17H2,1H3,(H,18,19). The highest BCUT2D eigenvalue weighted by Crippen LogP contribution is 2.16. The number of benzene rings is 1. The van der Waals surface area contributed by atoms with Gasteiger partial charge in [0, 0.05) is 25.1 Å². The van der Waals surface area contributed by atoms with Gasteiger partial charge >= 0.3 is 0 Å². The number of rotatable bonds is 5. The van der Waals surface area contributed by atoms with Crippen molar-refractivity contribution in [2.24, 2.45) is 5.73 Å². The Kier molecular flexibility index (Phi) is 5.56. The summed E-state index contributed by atoms with van der Waals surface area (Å²) >= 11 is 0. The molecule has 1 amide bonds. The van der Waals surface area contributed by atoms with E-state index in [1.54, 1.807) is 0 Å². The van der Waals surface area contributed by atoms with Gasteiger partial charge in [0.1, 0.15) is 0 Å². The maximum Gasteiger partial charge on any atom is 0.220 e. The minimum atomic E-state index is -0.0736. The van der Waals surface area contributed by atoms with Crippen LogP contribution in [0.4, 0.5) is 0 Å². The lowest BCUT2D eigenvalue weighted by Crippen LogP contribution is -2.41. The number of carbonyl (C=O) groups is 1. The first-order valence-electron chi connectivity index (χ1n) is 7.36. The monoisotopic (exact) mass is 276 g/mol. The van der Waals surface area contributed by atoms with Crippen molar-refractivity contribution in [3.63, 3.8) is 0 Å². The third-order valence-electron chi connectivity index (χ3n) is 3.76. The summed E-state index contributed by atoms with van der Waals surface area (Å²) < 4.78 is 5.47. The van der Waals surface area contributed by atoms with Gasteiger partial charge in [0.2, 0.25) is 5.91 Å². The van der Waals surface area contributed by atoms with Crippen molar-refractivity contribution >= 4 is 5.91 Å². The van der Waals surface area contributed by atoms with Crippen LogP contribution in [-0.2, 0) is 9.53 Å². The number of amides is 1. The maximum absolute atomic E-state index is 11.9. The largest absolute Gasteiger partial charge is 0.378 e. The minimum absolute atomic E-state index is 0.0736. The molecule has 1 heterocycles. The number of carbonyl (C=O) groups excluding carboxylic acids is 1. The normalized spacial score (nSPS) is 24.1. The van der Waals surface area contributed by atoms with E-state index in [4.69, 9.17) is 10.5 Å². The minimum Gasteiger partial charge on any atom is -0.378 e. The molecule has 110 valence electrons. The SMILES string of the molecule is CC1CC(NC(=O)CCC(N)c2ccccc2)CCO1. The molecule has 4 nitrogen and oxygen atoms in total. The molecule has 0 aliphatic carbocycles. The van der Waals surface area contributed by atoms with Gasteiger partial charge in [0.05, 0.1) is 6.10 Å². The number of nitrogens with one attached hydrogen (secondary N) is 1. The quantitative estimate of drug-likeness (QED) is 0.866. The number of hydrogen-bond donors (Lipinski definition) is 2. The van der Waals surface area contributed by atoms with Crippen molar-refractivity contribution < 1.29 is 9.53 Å². The first kappa shape index (κ1) is 15.0. The fourth-order valence-electron chi connectivity index (χ4n) is 2.58. The highest BCUT2D eigenvalue weighted by Gasteiger charge is 2.21. The molecule has 3 N–H and O–H groups in total. The zero-order valence-corrected chi connectivity index (χ0v) is 12.0. The molecule has 1 aromatic rings. The Morgan fingerprint density at radius 2 is 2.20 bits per heavy atom. The Bertz CT molecular complexity index is 422. The smallest absolute Gasteiger partial charge is 0.220 e. The van der Waals surface area contributed by atoms with Crippen LogP contribution in [0.2, 0.25) is 0 Å². The van der Waals surface area contributed by atoms with Crippen molar-refractivity contribution in [3.8, 4) is 0 Å². The van der Waals surface area contributed by atoms with Crippen LogP contribution < -0.4 is 11.1 Å². The van der Waals surface area contributed by atoms with Crippen LogP contribution in [-0.4, -0.2) is 24.7 Å². The molecular formula is C16H24N2O2. The molecule has 4 heteroatoms. The number of ether oxygens (including phenoxy) is 1. The molecule has 0 bridgehead atoms. The van der Waals surface area contributed by atoms with E-state index in [-0.39, 0.29) is 24.1 Å². The summed E-state index contributed by atoms with van der Waals surface area (Å²) in [7, 11) is 0. The lowest BCUT2D eigenvalue weighted by molar-refractivity contribution is -0.122. The second kappa shape index (κ2) is 7.41. The van der Waals surface area contributed by atoms with E-state index >= 15 is 0 Å². The first-order valence-corrected chi connectivity index (χ1v) is 7.36. The van der Waals surface area contributed by atoms with Gasteiger partial charge in [-0.1, -0.05) is 30.3 Å². The fraction of sp³-hybridized carbons (Fsp3) is 0.562. The maximum atomic E-state index is 11.9. The molecule has 1 aliphatic heterocycles. The molecule has 0 radical (unpaired) electrons. The van der Waals surface area contributed by atoms with Crippen molar-refractivity contribution in [1.29, 1.82) is 0 Å². The van der Waals surface area contributed by atoms with Crippen LogP contribution in [0.3, 0.4) is 0 Å². The third-order valence-corrected chi connectivity index (χ3v) is 3.76. The first-order chi connectivity index (χ1) is 9.65. The zero-order chi connectivity index (χ0) is 14.4. The van der Waals surface area contributed by atoms with Gasteiger partial charge in [-0.05, 0) is 31.7 Å². The van der Waals surface area contributed by atoms with Crippen molar-refractivity contribution in [3.05, 3.63) is 35.9 Å². The Hall–Kier alpha value is -1.39. The van der Waals surface area contributed by atoms with E-state index in [1.165, 1.54) is 0 Å². The molecule has 0 saturated carbocycles. The van der Waals surface area contributed by atoms with Crippen molar-refractivity contribution in [2.75, 3.05) is 6.61 Å². The van der Waals surface area contributed by atoms with Crippen LogP contribution in [0, 0.1) is 0 Å². The second-order valence-corrected chi connectivity index (χ2v) is 5.53. The van der Waals surface area contributed by atoms with E-state index in [0.29, 0.717) is 12.8 Å². The summed E-state index contributed by atoms with van der Waals surface area (Å²) in [6.07, 6.45) is 3.19. The third kappa shape index (κ3) is 4.62. The van der Waals surface area contributed by atoms with Gasteiger partial charge < -0.3 is 15.8 Å². The molecule has 1 aliphatic rings. The second-order valence-electron chi connectivity index (χ2n) is 5.53. The van der Waals surface area contributed by atoms with Crippen LogP contribution >= 0.6 is 0 Å². The Morgan fingerprint density at radius 3 is 2.90 bits per heavy atom. The summed E-state index contributed by atoms with van der Waals surface area (Å²) in [4.78, 5) is 11.9. The zero-order valence-electron chi connectivity index (χ0n) is 12.0. The number of nitrogens with two attached hydrogens (primary N) is 1. The highest BCUT2D eigenvalue weighted by atomic mass is 16.5. The van der Waals surface area contributed by atoms with Crippen LogP contribution in [0.25, 0.3) is 0 Å². The lowest BCUT2D eigenvalue weighted by atomic mass is 10.0. The van der Waals surface area contributed by atoms with Gasteiger partial charge in [0.25, 0.3) is 0 Å². The number of hydrogen-bond acceptors (Lipinski definition) is 3. The predicted octanol–water partition coefficient (Wildman–Crippen LogP) is 2.15. The van der Waals surface area contributed by atoms with E-state index < -0.39 is 0 Å². The average Bonchev–Trinajstić information content (AvgIpc) is 2.46. The van der Waals surface area contributed by atoms with E-state index in [9.17, 15) is 4.79 Å². The summed E-state index contributed by atoms with van der Waals surface area (Å²) in [6, 6.07) is 10.1. The Morgan fingerprint density at radius 1 is 1.45 bits per heavy atom. The average molecular weight is 276 g/mol. The van der Waals surface area contributed by atoms with Crippen LogP contribution in [0.15, 0.2) is 30.3 Å². The summed E-state index contributed by atoms with van der Waals surface area (Å²) in [5.74, 6) is 0.0930. The molecule has 3 atom stereocenters. The molecule has 1 fully saturated rings. The summed E-state index contributed by atoms with van der Waals surface area (Å²) in [5, 5.41) is 3.08. The van der Waals surface area contributed by atoms with Crippen molar-refractivity contribution in [1.82, 2.24) is 5.32 Å². The molecule has 2 rings (SSSR count). The van der Waals surface area contributed by atoms with E-state index in [2.05, 4.69) is 5.32 Å². The molecule has 20 heavy (non-hydrogen) atoms. The van der Waals surface area contributed by atoms with Gasteiger partial charge in [0.15, 0.2) is 0 Å². The van der Waals surface area contributed by atoms with E-state index in [0.717, 1.165) is 25.0 Å². The van der Waals surface area contributed by atoms with Gasteiger partial charge in [-0.3, -0.25) is 4.79 Å². The fourth-order valence-corrected chi connectivity index (χ4v) is 2.58. The molecule has 1 saturated heterocycles. The summed E-state index contributed by atoms with van der Waals surface area (Å²) in [6.45, 7) is 2.78. The molecule has 0 aromatic heterocycles. The van der Waals surface area contributed by atoms with Gasteiger partial charge in [-0.15, -0.1) is 0 Å². The molecular weight excluding hydrogens is 252 g/mol.